The van der Waals surface area contributed by atoms with Gasteiger partial charge in [0.15, 0.2) is 0 Å². The summed E-state index contributed by atoms with van der Waals surface area (Å²) < 4.78 is 30.0. The molecule has 32 heavy (non-hydrogen) atoms. The van der Waals surface area contributed by atoms with E-state index in [1.54, 1.807) is 44.3 Å². The molecule has 0 saturated heterocycles. The van der Waals surface area contributed by atoms with E-state index in [9.17, 15) is 13.2 Å². The monoisotopic (exact) mass is 475 g/mol. The third-order valence-electron chi connectivity index (χ3n) is 5.65. The zero-order valence-corrected chi connectivity index (χ0v) is 21.0. The van der Waals surface area contributed by atoms with Gasteiger partial charge in [-0.2, -0.15) is 4.31 Å². The van der Waals surface area contributed by atoms with Gasteiger partial charge in [-0.1, -0.05) is 51.4 Å². The van der Waals surface area contributed by atoms with Crippen molar-refractivity contribution >= 4 is 32.5 Å². The third-order valence-corrected chi connectivity index (χ3v) is 7.87. The first-order chi connectivity index (χ1) is 14.9. The molecule has 0 spiro atoms. The van der Waals surface area contributed by atoms with Crippen LogP contribution in [0.5, 0.6) is 0 Å². The zero-order chi connectivity index (χ0) is 23.8. The zero-order valence-electron chi connectivity index (χ0n) is 19.4. The lowest BCUT2D eigenvalue weighted by Crippen LogP contribution is -2.37. The minimum Gasteiger partial charge on any atom is -0.298 e. The van der Waals surface area contributed by atoms with E-state index < -0.39 is 16.1 Å². The van der Waals surface area contributed by atoms with Crippen LogP contribution in [0.1, 0.15) is 58.5 Å². The summed E-state index contributed by atoms with van der Waals surface area (Å²) in [5.41, 5.74) is 1.21. The quantitative estimate of drug-likeness (QED) is 0.500. The lowest BCUT2D eigenvalue weighted by molar-refractivity contribution is 0.324. The maximum Gasteiger partial charge on any atom is 0.261 e. The molecule has 0 bridgehead atoms. The molecule has 172 valence electrons. The second kappa shape index (κ2) is 8.96. The van der Waals surface area contributed by atoms with Crippen molar-refractivity contribution in [2.45, 2.75) is 57.4 Å². The van der Waals surface area contributed by atoms with Crippen LogP contribution in [0.15, 0.2) is 52.2 Å². The molecule has 0 aliphatic carbocycles. The SMILES string of the molecule is CCCN(C(C)c1nc2ccc(Cl)cc2c(=O)n1C)S(=O)(=O)c1ccc(C(C)(C)C)cc1. The van der Waals surface area contributed by atoms with Gasteiger partial charge in [0.1, 0.15) is 5.82 Å². The van der Waals surface area contributed by atoms with E-state index in [0.717, 1.165) is 5.56 Å². The van der Waals surface area contributed by atoms with Crippen LogP contribution in [0.4, 0.5) is 0 Å². The Morgan fingerprint density at radius 3 is 2.31 bits per heavy atom. The van der Waals surface area contributed by atoms with E-state index in [1.165, 1.54) is 8.87 Å². The molecule has 8 heteroatoms. The molecule has 1 aromatic heterocycles. The van der Waals surface area contributed by atoms with Crippen molar-refractivity contribution in [2.75, 3.05) is 6.54 Å². The highest BCUT2D eigenvalue weighted by atomic mass is 35.5. The Hall–Kier alpha value is -2.22. The fourth-order valence-corrected chi connectivity index (χ4v) is 5.62. The number of halogens is 1. The van der Waals surface area contributed by atoms with Crippen molar-refractivity contribution in [1.82, 2.24) is 13.9 Å². The minimum absolute atomic E-state index is 0.0745. The summed E-state index contributed by atoms with van der Waals surface area (Å²) in [4.78, 5) is 17.8. The summed E-state index contributed by atoms with van der Waals surface area (Å²) in [6.45, 7) is 10.2. The molecule has 0 fully saturated rings. The standard InChI is InChI=1S/C24H30ClN3O3S/c1-7-14-28(32(30,31)19-11-8-17(9-12-19)24(3,4)5)16(2)22-26-21-13-10-18(25)15-20(21)23(29)27(22)6/h8-13,15-16H,7,14H2,1-6H3. The van der Waals surface area contributed by atoms with Gasteiger partial charge in [0.25, 0.3) is 5.56 Å². The predicted octanol–water partition coefficient (Wildman–Crippen LogP) is 5.05. The van der Waals surface area contributed by atoms with Gasteiger partial charge in [-0.05, 0) is 54.7 Å². The second-order valence-electron chi connectivity index (χ2n) is 9.06. The number of hydrogen-bond donors (Lipinski definition) is 0. The van der Waals surface area contributed by atoms with Crippen LogP contribution < -0.4 is 5.56 Å². The summed E-state index contributed by atoms with van der Waals surface area (Å²) >= 11 is 6.04. The van der Waals surface area contributed by atoms with E-state index in [2.05, 4.69) is 25.8 Å². The Bertz CT molecular complexity index is 1290. The fraction of sp³-hybridized carbons (Fsp3) is 0.417. The maximum absolute atomic E-state index is 13.6. The van der Waals surface area contributed by atoms with Gasteiger partial charge in [-0.25, -0.2) is 13.4 Å². The largest absolute Gasteiger partial charge is 0.298 e. The predicted molar refractivity (Wildman–Crippen MR) is 130 cm³/mol. The van der Waals surface area contributed by atoms with Crippen molar-refractivity contribution in [2.24, 2.45) is 7.05 Å². The average Bonchev–Trinajstić information content (AvgIpc) is 2.73. The lowest BCUT2D eigenvalue weighted by atomic mass is 9.87. The number of aromatic nitrogens is 2. The number of nitrogens with zero attached hydrogens (tertiary/aromatic N) is 3. The molecule has 1 atom stereocenters. The highest BCUT2D eigenvalue weighted by molar-refractivity contribution is 7.89. The van der Waals surface area contributed by atoms with Crippen molar-refractivity contribution in [3.8, 4) is 0 Å². The summed E-state index contributed by atoms with van der Waals surface area (Å²) in [5, 5.41) is 0.852. The van der Waals surface area contributed by atoms with E-state index in [0.29, 0.717) is 34.7 Å². The van der Waals surface area contributed by atoms with Crippen LogP contribution >= 0.6 is 11.6 Å². The summed E-state index contributed by atoms with van der Waals surface area (Å²) in [6, 6.07) is 11.3. The lowest BCUT2D eigenvalue weighted by Gasteiger charge is -2.29. The van der Waals surface area contributed by atoms with E-state index in [4.69, 9.17) is 11.6 Å². The Kier molecular flexibility index (Phi) is 6.84. The number of sulfonamides is 1. The average molecular weight is 476 g/mol. The van der Waals surface area contributed by atoms with Gasteiger partial charge in [0.05, 0.1) is 21.8 Å². The molecule has 0 amide bonds. The van der Waals surface area contributed by atoms with Gasteiger partial charge >= 0.3 is 0 Å². The normalized spacial score (nSPS) is 13.6. The van der Waals surface area contributed by atoms with Gasteiger partial charge in [0.2, 0.25) is 10.0 Å². The Labute approximate surface area is 194 Å². The number of fused-ring (bicyclic) bond motifs is 1. The molecule has 1 unspecified atom stereocenters. The molecule has 0 aliphatic rings. The summed E-state index contributed by atoms with van der Waals surface area (Å²) in [6.07, 6.45) is 0.626. The maximum atomic E-state index is 13.6. The van der Waals surface area contributed by atoms with E-state index in [-0.39, 0.29) is 15.9 Å². The van der Waals surface area contributed by atoms with Crippen LogP contribution in [0, 0.1) is 0 Å². The molecule has 1 heterocycles. The molecule has 0 aliphatic heterocycles. The van der Waals surface area contributed by atoms with Crippen LogP contribution in [-0.2, 0) is 22.5 Å². The number of benzene rings is 2. The molecule has 6 nitrogen and oxygen atoms in total. The number of rotatable bonds is 6. The first-order valence-electron chi connectivity index (χ1n) is 10.7. The van der Waals surface area contributed by atoms with Gasteiger partial charge in [-0.15, -0.1) is 0 Å². The second-order valence-corrected chi connectivity index (χ2v) is 11.4. The Balaban J connectivity index is 2.09. The van der Waals surface area contributed by atoms with Crippen molar-refractivity contribution in [3.05, 3.63) is 69.2 Å². The fourth-order valence-electron chi connectivity index (χ4n) is 3.77. The Morgan fingerprint density at radius 1 is 1.12 bits per heavy atom. The molecule has 2 aromatic carbocycles. The molecule has 3 rings (SSSR count). The van der Waals surface area contributed by atoms with Crippen molar-refractivity contribution in [3.63, 3.8) is 0 Å². The highest BCUT2D eigenvalue weighted by Crippen LogP contribution is 2.29. The highest BCUT2D eigenvalue weighted by Gasteiger charge is 2.32. The summed E-state index contributed by atoms with van der Waals surface area (Å²) in [7, 11) is -2.20. The molecular weight excluding hydrogens is 446 g/mol. The first-order valence-corrected chi connectivity index (χ1v) is 12.5. The van der Waals surface area contributed by atoms with Gasteiger partial charge in [-0.3, -0.25) is 9.36 Å². The molecular formula is C24H30ClN3O3S. The molecule has 0 N–H and O–H groups in total. The van der Waals surface area contributed by atoms with E-state index >= 15 is 0 Å². The molecule has 0 radical (unpaired) electrons. The van der Waals surface area contributed by atoms with Gasteiger partial charge in [0, 0.05) is 18.6 Å². The summed E-state index contributed by atoms with van der Waals surface area (Å²) in [5.74, 6) is 0.383. The topological polar surface area (TPSA) is 72.3 Å². The van der Waals surface area contributed by atoms with Gasteiger partial charge < -0.3 is 0 Å². The van der Waals surface area contributed by atoms with Crippen LogP contribution in [0.3, 0.4) is 0 Å². The minimum atomic E-state index is -3.81. The first kappa shape index (κ1) is 24.4. The molecule has 0 saturated carbocycles. The van der Waals surface area contributed by atoms with Crippen molar-refractivity contribution in [1.29, 1.82) is 0 Å². The number of hydrogen-bond acceptors (Lipinski definition) is 4. The van der Waals surface area contributed by atoms with Crippen LogP contribution in [-0.4, -0.2) is 28.8 Å². The smallest absolute Gasteiger partial charge is 0.261 e. The van der Waals surface area contributed by atoms with Crippen molar-refractivity contribution < 1.29 is 8.42 Å². The molecule has 3 aromatic rings. The van der Waals surface area contributed by atoms with Crippen LogP contribution in [0.25, 0.3) is 10.9 Å². The Morgan fingerprint density at radius 2 is 1.75 bits per heavy atom. The third kappa shape index (κ3) is 4.60. The van der Waals surface area contributed by atoms with Crippen LogP contribution in [0.2, 0.25) is 5.02 Å². The van der Waals surface area contributed by atoms with E-state index in [1.807, 2.05) is 19.1 Å².